The Morgan fingerprint density at radius 2 is 1.95 bits per heavy atom. The van der Waals surface area contributed by atoms with Gasteiger partial charge in [0.2, 0.25) is 0 Å². The van der Waals surface area contributed by atoms with Gasteiger partial charge in [-0.25, -0.2) is 0 Å². The van der Waals surface area contributed by atoms with Gasteiger partial charge in [0, 0.05) is 11.1 Å². The number of nitrogens with zero attached hydrogens (tertiary/aromatic N) is 1. The van der Waals surface area contributed by atoms with E-state index in [0.717, 1.165) is 28.6 Å². The van der Waals surface area contributed by atoms with E-state index in [9.17, 15) is 0 Å². The van der Waals surface area contributed by atoms with Crippen LogP contribution in [-0.2, 0) is 6.42 Å². The van der Waals surface area contributed by atoms with Crippen LogP contribution in [0, 0.1) is 12.3 Å². The Morgan fingerprint density at radius 3 is 2.58 bits per heavy atom. The van der Waals surface area contributed by atoms with E-state index < -0.39 is 0 Å². The fraction of sp³-hybridized carbons (Fsp3) is 0.400. The SMILES string of the molecule is Cc1cc(CC(C)(C)CN)nc2c(Cl)c(Cl)ccc12. The molecule has 0 aliphatic rings. The second-order valence-corrected chi connectivity index (χ2v) is 6.52. The lowest BCUT2D eigenvalue weighted by atomic mass is 9.87. The maximum atomic E-state index is 6.26. The molecule has 1 heterocycles. The molecule has 2 rings (SSSR count). The third-order valence-electron chi connectivity index (χ3n) is 3.34. The van der Waals surface area contributed by atoms with Crippen LogP contribution >= 0.6 is 23.2 Å². The standard InChI is InChI=1S/C15H18Cl2N2/c1-9-6-10(7-15(2,3)8-18)19-14-11(9)4-5-12(16)13(14)17/h4-6H,7-8,18H2,1-3H3. The number of aromatic nitrogens is 1. The maximum Gasteiger partial charge on any atom is 0.0909 e. The molecule has 0 fully saturated rings. The highest BCUT2D eigenvalue weighted by Crippen LogP contribution is 2.32. The summed E-state index contributed by atoms with van der Waals surface area (Å²) in [6, 6.07) is 5.87. The Kier molecular flexibility index (Phi) is 4.05. The minimum absolute atomic E-state index is 0.0260. The highest BCUT2D eigenvalue weighted by atomic mass is 35.5. The van der Waals surface area contributed by atoms with Crippen LogP contribution in [0.4, 0.5) is 0 Å². The van der Waals surface area contributed by atoms with Gasteiger partial charge in [-0.05, 0) is 43.0 Å². The van der Waals surface area contributed by atoms with Crippen molar-refractivity contribution < 1.29 is 0 Å². The monoisotopic (exact) mass is 296 g/mol. The van der Waals surface area contributed by atoms with Crippen LogP contribution in [0.3, 0.4) is 0 Å². The third kappa shape index (κ3) is 3.02. The summed E-state index contributed by atoms with van der Waals surface area (Å²) >= 11 is 12.3. The first kappa shape index (κ1) is 14.6. The predicted octanol–water partition coefficient (Wildman–Crippen LogP) is 4.38. The molecule has 0 amide bonds. The molecule has 102 valence electrons. The van der Waals surface area contributed by atoms with E-state index in [1.54, 1.807) is 0 Å². The Hall–Kier alpha value is -0.830. The van der Waals surface area contributed by atoms with E-state index in [2.05, 4.69) is 31.8 Å². The first-order valence-corrected chi connectivity index (χ1v) is 7.04. The van der Waals surface area contributed by atoms with Gasteiger partial charge in [-0.15, -0.1) is 0 Å². The normalized spacial score (nSPS) is 12.1. The Morgan fingerprint density at radius 1 is 1.26 bits per heavy atom. The van der Waals surface area contributed by atoms with Gasteiger partial charge >= 0.3 is 0 Å². The summed E-state index contributed by atoms with van der Waals surface area (Å²) in [5, 5.41) is 2.11. The van der Waals surface area contributed by atoms with Crippen LogP contribution in [0.1, 0.15) is 25.1 Å². The zero-order chi connectivity index (χ0) is 14.2. The second kappa shape index (κ2) is 5.28. The Labute approximate surface area is 123 Å². The number of halogens is 2. The molecule has 1 aromatic heterocycles. The molecule has 4 heteroatoms. The first-order valence-electron chi connectivity index (χ1n) is 6.28. The van der Waals surface area contributed by atoms with Crippen molar-refractivity contribution in [2.45, 2.75) is 27.2 Å². The van der Waals surface area contributed by atoms with Crippen LogP contribution in [0.2, 0.25) is 10.0 Å². The van der Waals surface area contributed by atoms with E-state index in [4.69, 9.17) is 28.9 Å². The smallest absolute Gasteiger partial charge is 0.0909 e. The summed E-state index contributed by atoms with van der Waals surface area (Å²) < 4.78 is 0. The number of aryl methyl sites for hydroxylation is 1. The zero-order valence-electron chi connectivity index (χ0n) is 11.4. The number of fused-ring (bicyclic) bond motifs is 1. The van der Waals surface area contributed by atoms with E-state index in [1.165, 1.54) is 0 Å². The van der Waals surface area contributed by atoms with Crippen molar-refractivity contribution in [3.63, 3.8) is 0 Å². The van der Waals surface area contributed by atoms with Crippen molar-refractivity contribution >= 4 is 34.1 Å². The molecule has 2 nitrogen and oxygen atoms in total. The largest absolute Gasteiger partial charge is 0.330 e. The first-order chi connectivity index (χ1) is 8.84. The Bertz CT molecular complexity index is 621. The van der Waals surface area contributed by atoms with Crippen molar-refractivity contribution in [2.24, 2.45) is 11.1 Å². The second-order valence-electron chi connectivity index (χ2n) is 5.73. The predicted molar refractivity (Wildman–Crippen MR) is 83.0 cm³/mol. The van der Waals surface area contributed by atoms with Crippen molar-refractivity contribution in [1.29, 1.82) is 0 Å². The Balaban J connectivity index is 2.57. The third-order valence-corrected chi connectivity index (χ3v) is 4.14. The molecule has 19 heavy (non-hydrogen) atoms. The van der Waals surface area contributed by atoms with Crippen LogP contribution < -0.4 is 5.73 Å². The highest BCUT2D eigenvalue weighted by molar-refractivity contribution is 6.45. The van der Waals surface area contributed by atoms with E-state index in [1.807, 2.05) is 12.1 Å². The maximum absolute atomic E-state index is 6.26. The van der Waals surface area contributed by atoms with Gasteiger partial charge in [0.15, 0.2) is 0 Å². The van der Waals surface area contributed by atoms with Gasteiger partial charge in [-0.1, -0.05) is 43.1 Å². The molecular formula is C15H18Cl2N2. The van der Waals surface area contributed by atoms with Crippen molar-refractivity contribution in [1.82, 2.24) is 4.98 Å². The van der Waals surface area contributed by atoms with E-state index in [0.29, 0.717) is 16.6 Å². The number of hydrogen-bond acceptors (Lipinski definition) is 2. The van der Waals surface area contributed by atoms with Crippen LogP contribution in [-0.4, -0.2) is 11.5 Å². The fourth-order valence-electron chi connectivity index (χ4n) is 2.12. The number of pyridine rings is 1. The van der Waals surface area contributed by atoms with E-state index in [-0.39, 0.29) is 5.41 Å². The number of benzene rings is 1. The molecule has 0 saturated carbocycles. The number of nitrogens with two attached hydrogens (primary N) is 1. The average molecular weight is 297 g/mol. The molecule has 2 N–H and O–H groups in total. The molecule has 0 saturated heterocycles. The average Bonchev–Trinajstić information content (AvgIpc) is 2.34. The van der Waals surface area contributed by atoms with Crippen molar-refractivity contribution in [2.75, 3.05) is 6.54 Å². The van der Waals surface area contributed by atoms with Gasteiger partial charge in [-0.2, -0.15) is 0 Å². The minimum atomic E-state index is 0.0260. The lowest BCUT2D eigenvalue weighted by Gasteiger charge is -2.22. The van der Waals surface area contributed by atoms with Crippen LogP contribution in [0.15, 0.2) is 18.2 Å². The molecule has 0 radical (unpaired) electrons. The highest BCUT2D eigenvalue weighted by Gasteiger charge is 2.18. The summed E-state index contributed by atoms with van der Waals surface area (Å²) in [6.07, 6.45) is 0.823. The molecule has 0 unspecified atom stereocenters. The zero-order valence-corrected chi connectivity index (χ0v) is 12.9. The fourth-order valence-corrected chi connectivity index (χ4v) is 2.48. The molecule has 2 aromatic rings. The van der Waals surface area contributed by atoms with Gasteiger partial charge < -0.3 is 5.73 Å². The van der Waals surface area contributed by atoms with Gasteiger partial charge in [0.1, 0.15) is 0 Å². The summed E-state index contributed by atoms with van der Waals surface area (Å²) in [5.41, 5.74) is 8.75. The molecular weight excluding hydrogens is 279 g/mol. The summed E-state index contributed by atoms with van der Waals surface area (Å²) in [4.78, 5) is 4.66. The van der Waals surface area contributed by atoms with Gasteiger partial charge in [0.05, 0.1) is 15.6 Å². The lowest BCUT2D eigenvalue weighted by molar-refractivity contribution is 0.373. The summed E-state index contributed by atoms with van der Waals surface area (Å²) in [6.45, 7) is 6.95. The van der Waals surface area contributed by atoms with Gasteiger partial charge in [-0.3, -0.25) is 4.98 Å². The molecule has 0 aliphatic carbocycles. The molecule has 0 spiro atoms. The molecule has 0 aliphatic heterocycles. The summed E-state index contributed by atoms with van der Waals surface area (Å²) in [7, 11) is 0. The lowest BCUT2D eigenvalue weighted by Crippen LogP contribution is -2.26. The van der Waals surface area contributed by atoms with Gasteiger partial charge in [0.25, 0.3) is 0 Å². The topological polar surface area (TPSA) is 38.9 Å². The summed E-state index contributed by atoms with van der Waals surface area (Å²) in [5.74, 6) is 0. The quantitative estimate of drug-likeness (QED) is 0.913. The van der Waals surface area contributed by atoms with E-state index >= 15 is 0 Å². The molecule has 0 atom stereocenters. The molecule has 1 aromatic carbocycles. The number of rotatable bonds is 3. The van der Waals surface area contributed by atoms with Crippen LogP contribution in [0.5, 0.6) is 0 Å². The van der Waals surface area contributed by atoms with Crippen molar-refractivity contribution in [3.05, 3.63) is 39.5 Å². The number of hydrogen-bond donors (Lipinski definition) is 1. The van der Waals surface area contributed by atoms with Crippen molar-refractivity contribution in [3.8, 4) is 0 Å². The molecule has 0 bridgehead atoms. The van der Waals surface area contributed by atoms with Crippen LogP contribution in [0.25, 0.3) is 10.9 Å². The minimum Gasteiger partial charge on any atom is -0.330 e.